The van der Waals surface area contributed by atoms with E-state index in [9.17, 15) is 21.9 Å². The number of halogens is 3. The van der Waals surface area contributed by atoms with Crippen LogP contribution in [0, 0.1) is 6.92 Å². The largest absolute Gasteiger partial charge is 0.755 e. The van der Waals surface area contributed by atoms with E-state index in [0.717, 1.165) is 45.8 Å². The lowest BCUT2D eigenvalue weighted by molar-refractivity contribution is -0.274. The Labute approximate surface area is 207 Å². The van der Waals surface area contributed by atoms with Gasteiger partial charge >= 0.3 is 6.36 Å². The van der Waals surface area contributed by atoms with Crippen LogP contribution in [0.1, 0.15) is 11.1 Å². The van der Waals surface area contributed by atoms with Gasteiger partial charge in [-0.2, -0.15) is 11.8 Å². The lowest BCUT2D eigenvalue weighted by atomic mass is 10.0. The number of fused-ring (bicyclic) bond motifs is 1. The van der Waals surface area contributed by atoms with Gasteiger partial charge < -0.3 is 9.29 Å². The van der Waals surface area contributed by atoms with Gasteiger partial charge in [0.05, 0.1) is 0 Å². The van der Waals surface area contributed by atoms with Crippen LogP contribution < -0.4 is 9.04 Å². The second-order valence-corrected chi connectivity index (χ2v) is 11.1. The highest BCUT2D eigenvalue weighted by atomic mass is 32.2. The van der Waals surface area contributed by atoms with Crippen LogP contribution in [0.15, 0.2) is 48.5 Å². The van der Waals surface area contributed by atoms with Crippen LogP contribution in [0.2, 0.25) is 0 Å². The van der Waals surface area contributed by atoms with Crippen molar-refractivity contribution in [3.8, 4) is 5.75 Å². The van der Waals surface area contributed by atoms with Crippen molar-refractivity contribution in [1.29, 1.82) is 0 Å². The highest BCUT2D eigenvalue weighted by molar-refractivity contribution is 7.99. The Hall–Kier alpha value is -1.79. The molecule has 34 heavy (non-hydrogen) atoms. The van der Waals surface area contributed by atoms with Crippen LogP contribution in [0.3, 0.4) is 0 Å². The summed E-state index contributed by atoms with van der Waals surface area (Å²) in [4.78, 5) is 2.28. The van der Waals surface area contributed by atoms with Gasteiger partial charge in [-0.05, 0) is 48.1 Å². The van der Waals surface area contributed by atoms with E-state index in [2.05, 4.69) is 9.64 Å². The first-order valence-corrected chi connectivity index (χ1v) is 13.7. The lowest BCUT2D eigenvalue weighted by Gasteiger charge is -2.38. The van der Waals surface area contributed by atoms with E-state index in [4.69, 9.17) is 0 Å². The number of ether oxygens (including phenoxy) is 1. The molecule has 11 heteroatoms. The summed E-state index contributed by atoms with van der Waals surface area (Å²) in [5.74, 6) is 1.64. The van der Waals surface area contributed by atoms with Gasteiger partial charge in [0, 0.05) is 53.1 Å². The molecule has 0 saturated carbocycles. The summed E-state index contributed by atoms with van der Waals surface area (Å²) in [6, 6.07) is 13.5. The maximum Gasteiger partial charge on any atom is 0.573 e. The van der Waals surface area contributed by atoms with E-state index >= 15 is 0 Å². The molecule has 2 aromatic carbocycles. The fourth-order valence-corrected chi connectivity index (χ4v) is 7.07. The molecule has 5 nitrogen and oxygen atoms in total. The SMILES string of the molecule is Cc1c(N(CC(Cc2ccc(OC(F)(F)F)cc2)N2CCSCC2)S(=O)[O-])sc2ccccc12. The Morgan fingerprint density at radius 2 is 1.82 bits per heavy atom. The molecule has 0 aliphatic carbocycles. The molecule has 2 unspecified atom stereocenters. The quantitative estimate of drug-likeness (QED) is 0.368. The fourth-order valence-electron chi connectivity index (χ4n) is 4.15. The monoisotopic (exact) mass is 529 g/mol. The molecule has 1 aliphatic rings. The van der Waals surface area contributed by atoms with Gasteiger partial charge in [0.2, 0.25) is 0 Å². The number of anilines is 1. The second kappa shape index (κ2) is 10.9. The molecular weight excluding hydrogens is 505 g/mol. The summed E-state index contributed by atoms with van der Waals surface area (Å²) in [7, 11) is 0. The summed E-state index contributed by atoms with van der Waals surface area (Å²) < 4.78 is 68.6. The molecule has 4 rings (SSSR count). The molecule has 1 saturated heterocycles. The fraction of sp³-hybridized carbons (Fsp3) is 0.391. The zero-order valence-electron chi connectivity index (χ0n) is 18.4. The Balaban J connectivity index is 1.59. The molecule has 1 aliphatic heterocycles. The minimum atomic E-state index is -4.74. The maximum atomic E-state index is 12.5. The molecule has 0 bridgehead atoms. The van der Waals surface area contributed by atoms with Crippen molar-refractivity contribution in [3.05, 3.63) is 59.7 Å². The minimum absolute atomic E-state index is 0.127. The Morgan fingerprint density at radius 1 is 1.15 bits per heavy atom. The molecule has 184 valence electrons. The maximum absolute atomic E-state index is 12.5. The number of thiophene rings is 1. The number of hydrogen-bond donors (Lipinski definition) is 0. The van der Waals surface area contributed by atoms with E-state index in [0.29, 0.717) is 11.4 Å². The number of benzene rings is 2. The predicted molar refractivity (Wildman–Crippen MR) is 132 cm³/mol. The van der Waals surface area contributed by atoms with Gasteiger partial charge in [-0.1, -0.05) is 30.3 Å². The van der Waals surface area contributed by atoms with Crippen LogP contribution in [-0.4, -0.2) is 57.2 Å². The minimum Gasteiger partial charge on any atom is -0.755 e. The van der Waals surface area contributed by atoms with E-state index < -0.39 is 17.6 Å². The number of rotatable bonds is 8. The zero-order chi connectivity index (χ0) is 24.3. The van der Waals surface area contributed by atoms with Gasteiger partial charge in [-0.3, -0.25) is 13.4 Å². The molecule has 1 fully saturated rings. The van der Waals surface area contributed by atoms with Gasteiger partial charge in [-0.25, -0.2) is 0 Å². The van der Waals surface area contributed by atoms with Crippen molar-refractivity contribution in [1.82, 2.24) is 4.90 Å². The Kier molecular flexibility index (Phi) is 8.08. The normalized spacial score (nSPS) is 17.0. The summed E-state index contributed by atoms with van der Waals surface area (Å²) in [6.45, 7) is 3.85. The zero-order valence-corrected chi connectivity index (χ0v) is 20.9. The van der Waals surface area contributed by atoms with Crippen molar-refractivity contribution in [2.24, 2.45) is 0 Å². The first-order valence-electron chi connectivity index (χ1n) is 10.7. The molecule has 0 amide bonds. The number of thioether (sulfide) groups is 1. The summed E-state index contributed by atoms with van der Waals surface area (Å²) >= 11 is 0.836. The standard InChI is InChI=1S/C23H25F3N2O3S3/c1-16-20-4-2-3-5-21(20)33-22(16)28(34(29)30)15-18(27-10-12-32-13-11-27)14-17-6-8-19(9-7-17)31-23(24,25)26/h2-9,18H,10-15H2,1H3,(H,29,30)/p-1. The first kappa shape index (κ1) is 25.3. The van der Waals surface area contributed by atoms with Gasteiger partial charge in [0.15, 0.2) is 0 Å². The summed E-state index contributed by atoms with van der Waals surface area (Å²) in [5, 5.41) is 1.73. The third kappa shape index (κ3) is 6.25. The molecule has 0 spiro atoms. The van der Waals surface area contributed by atoms with E-state index in [-0.39, 0.29) is 18.3 Å². The molecule has 2 atom stereocenters. The molecule has 2 heterocycles. The van der Waals surface area contributed by atoms with E-state index in [1.165, 1.54) is 27.8 Å². The lowest BCUT2D eigenvalue weighted by Crippen LogP contribution is -2.49. The second-order valence-electron chi connectivity index (χ2n) is 8.00. The smallest absolute Gasteiger partial charge is 0.573 e. The third-order valence-electron chi connectivity index (χ3n) is 5.79. The number of alkyl halides is 3. The molecule has 3 aromatic rings. The summed E-state index contributed by atoms with van der Waals surface area (Å²) in [6.07, 6.45) is -4.23. The Bertz CT molecular complexity index is 1130. The number of nitrogens with zero attached hydrogens (tertiary/aromatic N) is 2. The van der Waals surface area contributed by atoms with Gasteiger partial charge in [-0.15, -0.1) is 24.5 Å². The Morgan fingerprint density at radius 3 is 2.44 bits per heavy atom. The molecule has 0 radical (unpaired) electrons. The van der Waals surface area contributed by atoms with Crippen LogP contribution >= 0.6 is 23.1 Å². The highest BCUT2D eigenvalue weighted by Gasteiger charge is 2.31. The van der Waals surface area contributed by atoms with Crippen molar-refractivity contribution in [2.75, 3.05) is 35.4 Å². The van der Waals surface area contributed by atoms with Crippen molar-refractivity contribution in [3.63, 3.8) is 0 Å². The van der Waals surface area contributed by atoms with Gasteiger partial charge in [0.1, 0.15) is 10.8 Å². The highest BCUT2D eigenvalue weighted by Crippen LogP contribution is 2.38. The van der Waals surface area contributed by atoms with Crippen molar-refractivity contribution >= 4 is 49.5 Å². The van der Waals surface area contributed by atoms with Crippen LogP contribution in [0.4, 0.5) is 18.2 Å². The van der Waals surface area contributed by atoms with Crippen LogP contribution in [-0.2, 0) is 17.7 Å². The topological polar surface area (TPSA) is 55.8 Å². The van der Waals surface area contributed by atoms with Crippen LogP contribution in [0.5, 0.6) is 5.75 Å². The van der Waals surface area contributed by atoms with E-state index in [1.807, 2.05) is 43.0 Å². The average Bonchev–Trinajstić information content (AvgIpc) is 3.13. The molecule has 1 aromatic heterocycles. The van der Waals surface area contributed by atoms with Crippen molar-refractivity contribution in [2.45, 2.75) is 25.7 Å². The third-order valence-corrected chi connectivity index (χ3v) is 8.84. The molecule has 0 N–H and O–H groups in total. The predicted octanol–water partition coefficient (Wildman–Crippen LogP) is 5.37. The van der Waals surface area contributed by atoms with E-state index in [1.54, 1.807) is 12.1 Å². The molecular formula is C23H24F3N2O3S3-. The van der Waals surface area contributed by atoms with Gasteiger partial charge in [0.25, 0.3) is 0 Å². The average molecular weight is 530 g/mol. The van der Waals surface area contributed by atoms with Crippen LogP contribution in [0.25, 0.3) is 10.1 Å². The number of hydrogen-bond acceptors (Lipinski definition) is 6. The first-order chi connectivity index (χ1) is 16.2. The number of aryl methyl sites for hydroxylation is 1. The summed E-state index contributed by atoms with van der Waals surface area (Å²) in [5.41, 5.74) is 1.74. The van der Waals surface area contributed by atoms with Crippen molar-refractivity contribution < 1.29 is 26.7 Å².